The summed E-state index contributed by atoms with van der Waals surface area (Å²) in [4.78, 5) is 10.8. The number of hydrogen-bond acceptors (Lipinski definition) is 2. The fourth-order valence-corrected chi connectivity index (χ4v) is 4.61. The van der Waals surface area contributed by atoms with Gasteiger partial charge in [-0.25, -0.2) is 4.39 Å². The predicted octanol–water partition coefficient (Wildman–Crippen LogP) is 2.58. The average Bonchev–Trinajstić information content (AvgIpc) is 2.05. The Morgan fingerprint density at radius 3 is 2.47 bits per heavy atom. The Labute approximate surface area is 93.6 Å². The van der Waals surface area contributed by atoms with Gasteiger partial charge in [-0.05, 0) is 49.0 Å². The minimum absolute atomic E-state index is 0.215. The lowest BCUT2D eigenvalue weighted by molar-refractivity contribution is -0.140. The number of rotatable bonds is 2. The summed E-state index contributed by atoms with van der Waals surface area (Å²) >= 11 is 1.86. The molecule has 1 saturated heterocycles. The van der Waals surface area contributed by atoms with Crippen LogP contribution in [0.15, 0.2) is 0 Å². The van der Waals surface area contributed by atoms with E-state index in [0.29, 0.717) is 12.8 Å². The van der Waals surface area contributed by atoms with Crippen LogP contribution in [-0.2, 0) is 4.79 Å². The van der Waals surface area contributed by atoms with Gasteiger partial charge in [-0.15, -0.1) is 0 Å². The van der Waals surface area contributed by atoms with Crippen LogP contribution in [-0.4, -0.2) is 28.3 Å². The Hall–Kier alpha value is -0.250. The van der Waals surface area contributed by atoms with E-state index < -0.39 is 11.6 Å². The van der Waals surface area contributed by atoms with Crippen LogP contribution >= 0.6 is 11.8 Å². The molecule has 2 atom stereocenters. The number of fused-ring (bicyclic) bond motifs is 2. The van der Waals surface area contributed by atoms with Crippen molar-refractivity contribution in [3.05, 3.63) is 0 Å². The lowest BCUT2D eigenvalue weighted by atomic mass is 9.66. The highest BCUT2D eigenvalue weighted by Crippen LogP contribution is 2.49. The highest BCUT2D eigenvalue weighted by atomic mass is 32.2. The van der Waals surface area contributed by atoms with E-state index in [2.05, 4.69) is 0 Å². The largest absolute Gasteiger partial charge is 0.481 e. The zero-order chi connectivity index (χ0) is 11.1. The molecule has 2 fully saturated rings. The van der Waals surface area contributed by atoms with Gasteiger partial charge in [-0.3, -0.25) is 4.79 Å². The molecule has 2 bridgehead atoms. The molecule has 4 heteroatoms. The minimum Gasteiger partial charge on any atom is -0.481 e. The normalized spacial score (nSPS) is 45.1. The molecule has 0 aromatic rings. The second kappa shape index (κ2) is 3.96. The standard InChI is InChI=1S/C11H17FO2S/c1-11(12)3-7-5-15-6-8(4-11)9(7)2-10(13)14/h7-9H,2-6H2,1H3,(H,13,14). The maximum absolute atomic E-state index is 13.9. The van der Waals surface area contributed by atoms with Gasteiger partial charge in [-0.2, -0.15) is 11.8 Å². The van der Waals surface area contributed by atoms with Crippen molar-refractivity contribution in [2.45, 2.75) is 31.9 Å². The summed E-state index contributed by atoms with van der Waals surface area (Å²) < 4.78 is 13.9. The van der Waals surface area contributed by atoms with Crippen LogP contribution in [0.3, 0.4) is 0 Å². The van der Waals surface area contributed by atoms with Crippen molar-refractivity contribution in [2.75, 3.05) is 11.5 Å². The molecule has 86 valence electrons. The van der Waals surface area contributed by atoms with Crippen LogP contribution in [0.4, 0.5) is 4.39 Å². The van der Waals surface area contributed by atoms with E-state index >= 15 is 0 Å². The van der Waals surface area contributed by atoms with Gasteiger partial charge in [0.2, 0.25) is 0 Å². The van der Waals surface area contributed by atoms with Crippen LogP contribution in [0.25, 0.3) is 0 Å². The lowest BCUT2D eigenvalue weighted by Gasteiger charge is -2.46. The molecule has 0 amide bonds. The summed E-state index contributed by atoms with van der Waals surface area (Å²) in [6.07, 6.45) is 1.33. The Kier molecular flexibility index (Phi) is 2.97. The molecule has 0 aromatic carbocycles. The van der Waals surface area contributed by atoms with Gasteiger partial charge in [-0.1, -0.05) is 0 Å². The maximum Gasteiger partial charge on any atom is 0.303 e. The van der Waals surface area contributed by atoms with E-state index in [-0.39, 0.29) is 24.2 Å². The second-order valence-electron chi connectivity index (χ2n) is 5.14. The van der Waals surface area contributed by atoms with Gasteiger partial charge < -0.3 is 5.11 Å². The van der Waals surface area contributed by atoms with Gasteiger partial charge in [0, 0.05) is 6.42 Å². The number of halogens is 1. The molecule has 1 aliphatic heterocycles. The topological polar surface area (TPSA) is 37.3 Å². The van der Waals surface area contributed by atoms with E-state index in [4.69, 9.17) is 5.11 Å². The van der Waals surface area contributed by atoms with Crippen molar-refractivity contribution >= 4 is 17.7 Å². The summed E-state index contributed by atoms with van der Waals surface area (Å²) in [7, 11) is 0. The van der Waals surface area contributed by atoms with Crippen LogP contribution < -0.4 is 0 Å². The quantitative estimate of drug-likeness (QED) is 0.795. The van der Waals surface area contributed by atoms with Crippen molar-refractivity contribution in [2.24, 2.45) is 17.8 Å². The summed E-state index contributed by atoms with van der Waals surface area (Å²) in [5.41, 5.74) is -1.06. The van der Waals surface area contributed by atoms with Gasteiger partial charge in [0.25, 0.3) is 0 Å². The van der Waals surface area contributed by atoms with E-state index in [1.54, 1.807) is 6.92 Å². The van der Waals surface area contributed by atoms with Crippen molar-refractivity contribution in [3.63, 3.8) is 0 Å². The van der Waals surface area contributed by atoms with Crippen LogP contribution in [0, 0.1) is 17.8 Å². The molecule has 2 nitrogen and oxygen atoms in total. The van der Waals surface area contributed by atoms with Gasteiger partial charge in [0.05, 0.1) is 0 Å². The molecule has 1 saturated carbocycles. The predicted molar refractivity (Wildman–Crippen MR) is 58.8 cm³/mol. The number of hydrogen-bond donors (Lipinski definition) is 1. The summed E-state index contributed by atoms with van der Waals surface area (Å²) in [5.74, 6) is 1.90. The maximum atomic E-state index is 13.9. The first kappa shape index (κ1) is 11.2. The molecular weight excluding hydrogens is 215 g/mol. The Balaban J connectivity index is 2.10. The second-order valence-corrected chi connectivity index (χ2v) is 6.22. The molecule has 1 heterocycles. The molecule has 2 unspecified atom stereocenters. The summed E-state index contributed by atoms with van der Waals surface area (Å²) in [6.45, 7) is 1.67. The number of carboxylic acids is 1. The summed E-state index contributed by atoms with van der Waals surface area (Å²) in [6, 6.07) is 0. The van der Waals surface area contributed by atoms with Crippen molar-refractivity contribution in [1.82, 2.24) is 0 Å². The number of carboxylic acid groups (broad SMARTS) is 1. The molecule has 15 heavy (non-hydrogen) atoms. The number of carbonyl (C=O) groups is 1. The zero-order valence-electron chi connectivity index (χ0n) is 8.91. The molecule has 0 spiro atoms. The number of thioether (sulfide) groups is 1. The highest BCUT2D eigenvalue weighted by Gasteiger charge is 2.46. The Morgan fingerprint density at radius 1 is 1.47 bits per heavy atom. The third kappa shape index (κ3) is 2.47. The van der Waals surface area contributed by atoms with Crippen LogP contribution in [0.5, 0.6) is 0 Å². The van der Waals surface area contributed by atoms with Crippen molar-refractivity contribution in [1.29, 1.82) is 0 Å². The monoisotopic (exact) mass is 232 g/mol. The fraction of sp³-hybridized carbons (Fsp3) is 0.909. The molecule has 1 aliphatic carbocycles. The average molecular weight is 232 g/mol. The van der Waals surface area contributed by atoms with E-state index in [9.17, 15) is 9.18 Å². The minimum atomic E-state index is -1.06. The fourth-order valence-electron chi connectivity index (χ4n) is 3.14. The SMILES string of the molecule is CC1(F)CC2CSCC(C1)C2CC(=O)O. The van der Waals surface area contributed by atoms with E-state index in [1.165, 1.54) is 0 Å². The smallest absolute Gasteiger partial charge is 0.303 e. The molecular formula is C11H17FO2S. The third-order valence-electron chi connectivity index (χ3n) is 3.66. The molecule has 1 N–H and O–H groups in total. The van der Waals surface area contributed by atoms with Crippen LogP contribution in [0.2, 0.25) is 0 Å². The number of alkyl halides is 1. The first-order valence-electron chi connectivity index (χ1n) is 5.46. The highest BCUT2D eigenvalue weighted by molar-refractivity contribution is 7.99. The van der Waals surface area contributed by atoms with E-state index in [0.717, 1.165) is 11.5 Å². The first-order valence-corrected chi connectivity index (χ1v) is 6.62. The van der Waals surface area contributed by atoms with Crippen molar-refractivity contribution < 1.29 is 14.3 Å². The van der Waals surface area contributed by atoms with Crippen molar-refractivity contribution in [3.8, 4) is 0 Å². The van der Waals surface area contributed by atoms with Gasteiger partial charge in [0.1, 0.15) is 5.67 Å². The summed E-state index contributed by atoms with van der Waals surface area (Å²) in [5, 5.41) is 8.85. The third-order valence-corrected chi connectivity index (χ3v) is 4.99. The molecule has 2 aliphatic rings. The molecule has 2 rings (SSSR count). The molecule has 0 radical (unpaired) electrons. The lowest BCUT2D eigenvalue weighted by Crippen LogP contribution is -2.45. The van der Waals surface area contributed by atoms with E-state index in [1.807, 2.05) is 11.8 Å². The Bertz CT molecular complexity index is 251. The Morgan fingerprint density at radius 2 is 2.00 bits per heavy atom. The molecule has 0 aromatic heterocycles. The number of aliphatic carboxylic acids is 1. The van der Waals surface area contributed by atoms with Gasteiger partial charge >= 0.3 is 5.97 Å². The van der Waals surface area contributed by atoms with Gasteiger partial charge in [0.15, 0.2) is 0 Å². The van der Waals surface area contributed by atoms with Crippen LogP contribution in [0.1, 0.15) is 26.2 Å². The zero-order valence-corrected chi connectivity index (χ0v) is 9.73. The first-order chi connectivity index (χ1) is 6.98.